The van der Waals surface area contributed by atoms with Crippen molar-refractivity contribution in [2.45, 2.75) is 38.1 Å². The van der Waals surface area contributed by atoms with E-state index in [4.69, 9.17) is 17.3 Å². The zero-order valence-corrected chi connectivity index (χ0v) is 12.6. The minimum absolute atomic E-state index is 0.390. The number of guanidine groups is 1. The summed E-state index contributed by atoms with van der Waals surface area (Å²) in [6.07, 6.45) is 6.68. The molecule has 114 valence electrons. The quantitative estimate of drug-likeness (QED) is 0.440. The fraction of sp³-hybridized carbons (Fsp3) is 0.500. The van der Waals surface area contributed by atoms with Gasteiger partial charge >= 0.3 is 6.03 Å². The number of carbonyl (C=O) groups is 1. The summed E-state index contributed by atoms with van der Waals surface area (Å²) in [6, 6.07) is 3.42. The lowest BCUT2D eigenvalue weighted by Gasteiger charge is -2.27. The van der Waals surface area contributed by atoms with Gasteiger partial charge in [-0.15, -0.1) is 0 Å². The van der Waals surface area contributed by atoms with Crippen molar-refractivity contribution in [1.29, 1.82) is 0 Å². The molecule has 0 atom stereocenters. The number of hydrogen-bond acceptors (Lipinski definition) is 3. The third-order valence-electron chi connectivity index (χ3n) is 3.36. The van der Waals surface area contributed by atoms with E-state index in [2.05, 4.69) is 20.6 Å². The number of hydrogen-bond donors (Lipinski definition) is 3. The molecule has 0 saturated heterocycles. The van der Waals surface area contributed by atoms with E-state index in [0.29, 0.717) is 23.6 Å². The van der Waals surface area contributed by atoms with E-state index in [0.717, 1.165) is 31.4 Å². The third kappa shape index (κ3) is 5.23. The Labute approximate surface area is 129 Å². The monoisotopic (exact) mass is 309 g/mol. The lowest BCUT2D eigenvalue weighted by molar-refractivity contribution is 0.252. The molecule has 2 rings (SSSR count). The average molecular weight is 310 g/mol. The van der Waals surface area contributed by atoms with E-state index in [1.165, 1.54) is 6.42 Å². The Balaban J connectivity index is 1.81. The standard InChI is InChI=1S/C14H20ClN5O/c15-11-6-2-8-17-12(11)7-3-9-18-14(20-13(16)21)19-10-4-1-5-10/h2,6,8,10H,1,3-5,7,9H2,(H4,16,18,19,20,21). The van der Waals surface area contributed by atoms with E-state index in [1.54, 1.807) is 12.3 Å². The Hall–Kier alpha value is -1.82. The lowest BCUT2D eigenvalue weighted by atomic mass is 9.93. The highest BCUT2D eigenvalue weighted by Gasteiger charge is 2.18. The maximum atomic E-state index is 11.0. The molecule has 0 spiro atoms. The number of aromatic nitrogens is 1. The molecular weight excluding hydrogens is 290 g/mol. The lowest BCUT2D eigenvalue weighted by Crippen LogP contribution is -2.49. The summed E-state index contributed by atoms with van der Waals surface area (Å²) < 4.78 is 0. The molecule has 0 aliphatic heterocycles. The maximum absolute atomic E-state index is 11.0. The van der Waals surface area contributed by atoms with E-state index in [1.807, 2.05) is 6.07 Å². The van der Waals surface area contributed by atoms with Crippen LogP contribution in [0.3, 0.4) is 0 Å². The predicted octanol–water partition coefficient (Wildman–Crippen LogP) is 1.83. The van der Waals surface area contributed by atoms with Crippen molar-refractivity contribution in [1.82, 2.24) is 15.6 Å². The Morgan fingerprint density at radius 3 is 2.95 bits per heavy atom. The number of nitrogens with one attached hydrogen (secondary N) is 2. The van der Waals surface area contributed by atoms with Crippen molar-refractivity contribution < 1.29 is 4.79 Å². The van der Waals surface area contributed by atoms with Gasteiger partial charge in [0.2, 0.25) is 0 Å². The Morgan fingerprint density at radius 2 is 2.33 bits per heavy atom. The van der Waals surface area contributed by atoms with Gasteiger partial charge in [-0.1, -0.05) is 11.6 Å². The van der Waals surface area contributed by atoms with Gasteiger partial charge in [-0.2, -0.15) is 0 Å². The van der Waals surface area contributed by atoms with Crippen molar-refractivity contribution >= 4 is 23.6 Å². The van der Waals surface area contributed by atoms with Crippen LogP contribution < -0.4 is 16.4 Å². The van der Waals surface area contributed by atoms with Gasteiger partial charge < -0.3 is 11.1 Å². The molecule has 0 unspecified atom stereocenters. The summed E-state index contributed by atoms with van der Waals surface area (Å²) in [5.41, 5.74) is 6.01. The number of aryl methyl sites for hydroxylation is 1. The Kier molecular flexibility index (Phi) is 5.80. The molecule has 21 heavy (non-hydrogen) atoms. The van der Waals surface area contributed by atoms with Gasteiger partial charge in [0.05, 0.1) is 10.7 Å². The van der Waals surface area contributed by atoms with Crippen molar-refractivity contribution in [3.8, 4) is 0 Å². The van der Waals surface area contributed by atoms with Crippen LogP contribution in [0.5, 0.6) is 0 Å². The first-order valence-corrected chi connectivity index (χ1v) is 7.50. The van der Waals surface area contributed by atoms with Crippen LogP contribution >= 0.6 is 11.6 Å². The number of halogens is 1. The SMILES string of the molecule is NC(=O)NC(=NCCCc1ncccc1Cl)NC1CCC1. The van der Waals surface area contributed by atoms with E-state index < -0.39 is 6.03 Å². The molecule has 1 heterocycles. The minimum atomic E-state index is -0.603. The highest BCUT2D eigenvalue weighted by Crippen LogP contribution is 2.17. The zero-order chi connectivity index (χ0) is 15.1. The predicted molar refractivity (Wildman–Crippen MR) is 83.4 cm³/mol. The number of aliphatic imine (C=N–C) groups is 1. The molecule has 2 amide bonds. The van der Waals surface area contributed by atoms with Crippen LogP contribution in [0.25, 0.3) is 0 Å². The second-order valence-electron chi connectivity index (χ2n) is 5.03. The normalized spacial score (nSPS) is 15.4. The molecular formula is C14H20ClN5O. The molecule has 0 aromatic carbocycles. The topological polar surface area (TPSA) is 92.4 Å². The summed E-state index contributed by atoms with van der Waals surface area (Å²) in [7, 11) is 0. The molecule has 1 saturated carbocycles. The molecule has 0 bridgehead atoms. The fourth-order valence-corrected chi connectivity index (χ4v) is 2.24. The number of urea groups is 1. The Bertz CT molecular complexity index is 516. The third-order valence-corrected chi connectivity index (χ3v) is 3.71. The number of rotatable bonds is 5. The summed E-state index contributed by atoms with van der Waals surface area (Å²) in [5.74, 6) is 0.458. The molecule has 4 N–H and O–H groups in total. The summed E-state index contributed by atoms with van der Waals surface area (Å²) >= 11 is 6.05. The molecule has 1 fully saturated rings. The van der Waals surface area contributed by atoms with Crippen LogP contribution in [0.4, 0.5) is 4.79 Å². The van der Waals surface area contributed by atoms with E-state index >= 15 is 0 Å². The Morgan fingerprint density at radius 1 is 1.52 bits per heavy atom. The van der Waals surface area contributed by atoms with Gasteiger partial charge in [-0.3, -0.25) is 15.3 Å². The maximum Gasteiger partial charge on any atom is 0.318 e. The smallest absolute Gasteiger partial charge is 0.318 e. The second-order valence-corrected chi connectivity index (χ2v) is 5.43. The first kappa shape index (κ1) is 15.6. The molecule has 1 aliphatic rings. The van der Waals surface area contributed by atoms with Crippen molar-refractivity contribution in [2.24, 2.45) is 10.7 Å². The summed E-state index contributed by atoms with van der Waals surface area (Å²) in [4.78, 5) is 19.5. The molecule has 0 radical (unpaired) electrons. The van der Waals surface area contributed by atoms with Crippen LogP contribution in [0.1, 0.15) is 31.4 Å². The van der Waals surface area contributed by atoms with E-state index in [-0.39, 0.29) is 0 Å². The molecule has 1 aromatic heterocycles. The van der Waals surface area contributed by atoms with Gasteiger partial charge in [0.15, 0.2) is 5.96 Å². The molecule has 1 aliphatic carbocycles. The van der Waals surface area contributed by atoms with Gasteiger partial charge in [0.1, 0.15) is 0 Å². The summed E-state index contributed by atoms with van der Waals surface area (Å²) in [5, 5.41) is 6.39. The first-order chi connectivity index (χ1) is 10.1. The number of pyridine rings is 1. The van der Waals surface area contributed by atoms with Crippen LogP contribution in [0.15, 0.2) is 23.3 Å². The average Bonchev–Trinajstić information content (AvgIpc) is 2.39. The van der Waals surface area contributed by atoms with Crippen LogP contribution in [-0.2, 0) is 6.42 Å². The minimum Gasteiger partial charge on any atom is -0.353 e. The van der Waals surface area contributed by atoms with E-state index in [9.17, 15) is 4.79 Å². The fourth-order valence-electron chi connectivity index (χ4n) is 2.02. The number of amides is 2. The van der Waals surface area contributed by atoms with Crippen molar-refractivity contribution in [3.05, 3.63) is 29.0 Å². The zero-order valence-electron chi connectivity index (χ0n) is 11.8. The summed E-state index contributed by atoms with van der Waals surface area (Å²) in [6.45, 7) is 0.572. The highest BCUT2D eigenvalue weighted by molar-refractivity contribution is 6.31. The first-order valence-electron chi connectivity index (χ1n) is 7.12. The largest absolute Gasteiger partial charge is 0.353 e. The van der Waals surface area contributed by atoms with Crippen LogP contribution in [0, 0.1) is 0 Å². The number of nitrogens with two attached hydrogens (primary N) is 1. The van der Waals surface area contributed by atoms with Crippen molar-refractivity contribution in [2.75, 3.05) is 6.54 Å². The number of nitrogens with zero attached hydrogens (tertiary/aromatic N) is 2. The molecule has 1 aromatic rings. The van der Waals surface area contributed by atoms with Crippen LogP contribution in [-0.4, -0.2) is 29.6 Å². The van der Waals surface area contributed by atoms with Gasteiger partial charge in [0.25, 0.3) is 0 Å². The van der Waals surface area contributed by atoms with Crippen molar-refractivity contribution in [3.63, 3.8) is 0 Å². The highest BCUT2D eigenvalue weighted by atomic mass is 35.5. The number of primary amides is 1. The number of carbonyl (C=O) groups excluding carboxylic acids is 1. The van der Waals surface area contributed by atoms with Crippen LogP contribution in [0.2, 0.25) is 5.02 Å². The second kappa shape index (κ2) is 7.83. The molecule has 7 heteroatoms. The van der Waals surface area contributed by atoms with Gasteiger partial charge in [-0.25, -0.2) is 4.79 Å². The van der Waals surface area contributed by atoms with Gasteiger partial charge in [0, 0.05) is 18.8 Å². The molecule has 6 nitrogen and oxygen atoms in total. The van der Waals surface area contributed by atoms with Gasteiger partial charge in [-0.05, 0) is 44.2 Å².